The maximum Gasteiger partial charge on any atom is 0.264 e. The van der Waals surface area contributed by atoms with Gasteiger partial charge in [0.15, 0.2) is 8.32 Å². The highest BCUT2D eigenvalue weighted by molar-refractivity contribution is 7.90. The molecule has 2 aliphatic carbocycles. The molecular formula is C37H51ClN2O6SSi. The Kier molecular flexibility index (Phi) is 9.89. The quantitative estimate of drug-likeness (QED) is 0.261. The van der Waals surface area contributed by atoms with E-state index in [-0.39, 0.29) is 40.9 Å². The van der Waals surface area contributed by atoms with Crippen LogP contribution in [-0.2, 0) is 26.3 Å². The second-order valence-corrected chi connectivity index (χ2v) is 23.2. The van der Waals surface area contributed by atoms with Gasteiger partial charge in [0.2, 0.25) is 10.0 Å². The van der Waals surface area contributed by atoms with E-state index in [4.69, 9.17) is 20.8 Å². The van der Waals surface area contributed by atoms with Gasteiger partial charge in [-0.2, -0.15) is 0 Å². The number of ether oxygens (including phenoxy) is 1. The molecule has 2 N–H and O–H groups in total. The molecule has 2 heterocycles. The van der Waals surface area contributed by atoms with Crippen molar-refractivity contribution >= 4 is 41.5 Å². The van der Waals surface area contributed by atoms with Crippen molar-refractivity contribution < 1.29 is 27.5 Å². The van der Waals surface area contributed by atoms with Gasteiger partial charge in [-0.05, 0) is 116 Å². The van der Waals surface area contributed by atoms with Crippen LogP contribution in [-0.4, -0.2) is 65.4 Å². The monoisotopic (exact) mass is 714 g/mol. The highest BCUT2D eigenvalue weighted by Crippen LogP contribution is 2.47. The molecule has 11 heteroatoms. The molecule has 1 saturated carbocycles. The normalized spacial score (nSPS) is 29.8. The number of nitrogens with one attached hydrogen (secondary N) is 1. The number of aliphatic hydroxyl groups is 1. The number of hydrogen-bond acceptors (Lipinski definition) is 7. The van der Waals surface area contributed by atoms with Gasteiger partial charge in [-0.3, -0.25) is 4.79 Å². The molecule has 2 aliphatic heterocycles. The van der Waals surface area contributed by atoms with Crippen LogP contribution < -0.4 is 14.4 Å². The molecule has 1 amide bonds. The Morgan fingerprint density at radius 1 is 1.12 bits per heavy atom. The van der Waals surface area contributed by atoms with Crippen molar-refractivity contribution in [3.63, 3.8) is 0 Å². The zero-order valence-electron chi connectivity index (χ0n) is 28.9. The molecule has 8 nitrogen and oxygen atoms in total. The Labute approximate surface area is 292 Å². The smallest absolute Gasteiger partial charge is 0.264 e. The summed E-state index contributed by atoms with van der Waals surface area (Å²) in [7, 11) is -6.37. The number of halogens is 1. The van der Waals surface area contributed by atoms with Crippen molar-refractivity contribution in [2.24, 2.45) is 11.8 Å². The Morgan fingerprint density at radius 3 is 2.62 bits per heavy atom. The summed E-state index contributed by atoms with van der Waals surface area (Å²) in [6, 6.07) is 11.4. The van der Waals surface area contributed by atoms with Crippen LogP contribution in [0.4, 0.5) is 5.69 Å². The molecule has 2 aromatic rings. The number of aliphatic hydroxyl groups excluding tert-OH is 1. The van der Waals surface area contributed by atoms with Crippen LogP contribution in [0.1, 0.15) is 80.8 Å². The Bertz CT molecular complexity index is 1670. The number of fused-ring (bicyclic) bond motifs is 4. The summed E-state index contributed by atoms with van der Waals surface area (Å²) < 4.78 is 42.9. The maximum absolute atomic E-state index is 13.8. The van der Waals surface area contributed by atoms with Gasteiger partial charge in [-0.25, -0.2) is 13.1 Å². The minimum absolute atomic E-state index is 0.0166. The van der Waals surface area contributed by atoms with E-state index in [1.54, 1.807) is 18.2 Å². The van der Waals surface area contributed by atoms with Crippen molar-refractivity contribution in [1.82, 2.24) is 4.72 Å². The van der Waals surface area contributed by atoms with E-state index in [0.29, 0.717) is 31.9 Å². The van der Waals surface area contributed by atoms with Crippen LogP contribution >= 0.6 is 11.6 Å². The van der Waals surface area contributed by atoms with Crippen LogP contribution in [0.2, 0.25) is 23.2 Å². The van der Waals surface area contributed by atoms with Gasteiger partial charge in [-0.15, -0.1) is 0 Å². The Balaban J connectivity index is 1.36. The molecule has 262 valence electrons. The molecule has 1 spiro atoms. The molecule has 2 bridgehead atoms. The van der Waals surface area contributed by atoms with E-state index in [0.717, 1.165) is 42.8 Å². The SMILES string of the molecule is CC(C)(C)[Si](C)(C)OC[C@@H]1C/C=C\C[C@H](O)[C@@H]2CC[C@H]2CN2C[C@@]3(CCCc4cc(Cl)ccc43)COc3ccc(cc32)C(=O)NS1(=O)=O. The maximum atomic E-state index is 13.8. The van der Waals surface area contributed by atoms with Crippen LogP contribution in [0.15, 0.2) is 48.6 Å². The van der Waals surface area contributed by atoms with E-state index in [2.05, 4.69) is 55.6 Å². The highest BCUT2D eigenvalue weighted by Gasteiger charge is 2.45. The third kappa shape index (κ3) is 7.11. The van der Waals surface area contributed by atoms with Gasteiger partial charge < -0.3 is 19.2 Å². The van der Waals surface area contributed by atoms with Crippen LogP contribution in [0.5, 0.6) is 5.75 Å². The third-order valence-electron chi connectivity index (χ3n) is 11.8. The second-order valence-electron chi connectivity index (χ2n) is 16.0. The van der Waals surface area contributed by atoms with Crippen molar-refractivity contribution in [1.29, 1.82) is 0 Å². The molecule has 4 aliphatic rings. The van der Waals surface area contributed by atoms with Gasteiger partial charge in [0.05, 0.1) is 25.0 Å². The number of hydrogen-bond donors (Lipinski definition) is 2. The van der Waals surface area contributed by atoms with Gasteiger partial charge >= 0.3 is 0 Å². The highest BCUT2D eigenvalue weighted by atomic mass is 35.5. The summed E-state index contributed by atoms with van der Waals surface area (Å²) in [4.78, 5) is 16.1. The van der Waals surface area contributed by atoms with Crippen LogP contribution in [0.25, 0.3) is 0 Å². The predicted octanol–water partition coefficient (Wildman–Crippen LogP) is 7.00. The standard InChI is InChI=1S/C37H51ClN2O6SSi/c1-36(2,3)48(4,5)46-22-29-10-6-7-11-33(41)30-15-12-27(30)21-40-23-37(18-8-9-25-19-28(38)14-16-31(25)37)24-45-34-17-13-26(20-32(34)40)35(42)39-47(29,43)44/h6-7,13-14,16-17,19-20,27,29-30,33,41H,8-12,15,18,21-24H2,1-5H3,(H,39,42)/b7-6-/t27-,29-,30+,33-,37-/m0/s1. The molecular weight excluding hydrogens is 664 g/mol. The molecule has 48 heavy (non-hydrogen) atoms. The Hall–Kier alpha value is -2.37. The summed E-state index contributed by atoms with van der Waals surface area (Å²) >= 11 is 6.42. The number of carbonyl (C=O) groups excluding carboxylic acids is 1. The zero-order chi connectivity index (χ0) is 34.5. The number of nitrogens with zero attached hydrogens (tertiary/aromatic N) is 1. The lowest BCUT2D eigenvalue weighted by Gasteiger charge is -2.45. The van der Waals surface area contributed by atoms with Crippen molar-refractivity contribution in [3.05, 3.63) is 70.3 Å². The molecule has 0 unspecified atom stereocenters. The lowest BCUT2D eigenvalue weighted by molar-refractivity contribution is 0.0177. The summed E-state index contributed by atoms with van der Waals surface area (Å²) in [6.45, 7) is 12.4. The largest absolute Gasteiger partial charge is 0.490 e. The minimum Gasteiger partial charge on any atom is -0.490 e. The number of benzene rings is 2. The fourth-order valence-corrected chi connectivity index (χ4v) is 10.1. The van der Waals surface area contributed by atoms with E-state index >= 15 is 0 Å². The lowest BCUT2D eigenvalue weighted by Crippen LogP contribution is -2.49. The average Bonchev–Trinajstić information content (AvgIpc) is 3.14. The summed E-state index contributed by atoms with van der Waals surface area (Å²) in [5.41, 5.74) is 3.27. The third-order valence-corrected chi connectivity index (χ3v) is 18.2. The fraction of sp³-hybridized carbons (Fsp3) is 0.595. The van der Waals surface area contributed by atoms with Gasteiger partial charge in [0, 0.05) is 29.1 Å². The number of aryl methyl sites for hydroxylation is 1. The molecule has 1 fully saturated rings. The topological polar surface area (TPSA) is 105 Å². The predicted molar refractivity (Wildman–Crippen MR) is 194 cm³/mol. The second kappa shape index (κ2) is 13.4. The molecule has 0 aromatic heterocycles. The van der Waals surface area contributed by atoms with Gasteiger partial charge in [0.25, 0.3) is 5.91 Å². The van der Waals surface area contributed by atoms with Crippen molar-refractivity contribution in [2.45, 2.75) is 101 Å². The first-order valence-corrected chi connectivity index (χ1v) is 22.3. The number of anilines is 1. The van der Waals surface area contributed by atoms with E-state index in [9.17, 15) is 18.3 Å². The van der Waals surface area contributed by atoms with E-state index in [1.807, 2.05) is 18.2 Å². The fourth-order valence-electron chi connectivity index (χ4n) is 7.60. The summed E-state index contributed by atoms with van der Waals surface area (Å²) in [5, 5.41) is 11.0. The minimum atomic E-state index is -4.11. The molecule has 2 aromatic carbocycles. The van der Waals surface area contributed by atoms with E-state index < -0.39 is 35.6 Å². The van der Waals surface area contributed by atoms with Crippen LogP contribution in [0, 0.1) is 11.8 Å². The van der Waals surface area contributed by atoms with Gasteiger partial charge in [0.1, 0.15) is 11.0 Å². The van der Waals surface area contributed by atoms with Crippen molar-refractivity contribution in [3.8, 4) is 5.75 Å². The van der Waals surface area contributed by atoms with Crippen LogP contribution in [0.3, 0.4) is 0 Å². The average molecular weight is 715 g/mol. The lowest BCUT2D eigenvalue weighted by atomic mass is 9.68. The first-order valence-electron chi connectivity index (χ1n) is 17.4. The number of carbonyl (C=O) groups is 1. The van der Waals surface area contributed by atoms with Gasteiger partial charge in [-0.1, -0.05) is 50.6 Å². The number of rotatable bonds is 3. The zero-order valence-corrected chi connectivity index (χ0v) is 31.5. The first-order chi connectivity index (χ1) is 22.6. The molecule has 6 rings (SSSR count). The summed E-state index contributed by atoms with van der Waals surface area (Å²) in [5.74, 6) is 0.422. The Morgan fingerprint density at radius 2 is 1.90 bits per heavy atom. The number of amides is 1. The van der Waals surface area contributed by atoms with E-state index in [1.165, 1.54) is 11.1 Å². The molecule has 0 radical (unpaired) electrons. The number of allylic oxidation sites excluding steroid dienone is 1. The van der Waals surface area contributed by atoms with Crippen molar-refractivity contribution in [2.75, 3.05) is 31.2 Å². The first kappa shape index (κ1) is 35.5. The number of sulfonamides is 1. The molecule has 0 saturated heterocycles. The summed E-state index contributed by atoms with van der Waals surface area (Å²) in [6.07, 6.45) is 8.72. The molecule has 5 atom stereocenters.